The maximum absolute atomic E-state index is 13.2. The van der Waals surface area contributed by atoms with E-state index in [9.17, 15) is 9.18 Å². The molecular weight excluding hydrogens is 321 g/mol. The second-order valence-corrected chi connectivity index (χ2v) is 6.91. The number of ether oxygens (including phenoxy) is 1. The van der Waals surface area contributed by atoms with Crippen LogP contribution < -0.4 is 5.32 Å². The second-order valence-electron chi connectivity index (χ2n) is 6.91. The number of hydrogen-bond donors (Lipinski definition) is 1. The van der Waals surface area contributed by atoms with Crippen LogP contribution in [0.3, 0.4) is 0 Å². The van der Waals surface area contributed by atoms with Crippen molar-refractivity contribution in [1.82, 2.24) is 15.1 Å². The van der Waals surface area contributed by atoms with Crippen LogP contribution in [0.15, 0.2) is 24.3 Å². The third-order valence-electron chi connectivity index (χ3n) is 4.88. The summed E-state index contributed by atoms with van der Waals surface area (Å²) < 4.78 is 19.1. The molecule has 6 heteroatoms. The zero-order valence-electron chi connectivity index (χ0n) is 14.8. The lowest BCUT2D eigenvalue weighted by Crippen LogP contribution is -2.46. The predicted octanol–water partition coefficient (Wildman–Crippen LogP) is 2.26. The van der Waals surface area contributed by atoms with Gasteiger partial charge in [0.2, 0.25) is 0 Å². The van der Waals surface area contributed by atoms with Crippen LogP contribution in [0.4, 0.5) is 9.18 Å². The van der Waals surface area contributed by atoms with E-state index in [1.807, 2.05) is 11.0 Å². The van der Waals surface area contributed by atoms with Gasteiger partial charge in [0, 0.05) is 32.8 Å². The van der Waals surface area contributed by atoms with Crippen molar-refractivity contribution in [2.75, 3.05) is 45.9 Å². The van der Waals surface area contributed by atoms with Crippen molar-refractivity contribution in [3.05, 3.63) is 35.6 Å². The van der Waals surface area contributed by atoms with Gasteiger partial charge < -0.3 is 19.9 Å². The Morgan fingerprint density at radius 3 is 2.88 bits per heavy atom. The highest BCUT2D eigenvalue weighted by Gasteiger charge is 2.25. The first kappa shape index (κ1) is 18.1. The zero-order valence-corrected chi connectivity index (χ0v) is 14.8. The Kier molecular flexibility index (Phi) is 6.64. The Bertz CT molecular complexity index is 563. The van der Waals surface area contributed by atoms with Crippen molar-refractivity contribution in [2.24, 2.45) is 0 Å². The first-order chi connectivity index (χ1) is 12.2. The van der Waals surface area contributed by atoms with Crippen molar-refractivity contribution in [2.45, 2.75) is 31.8 Å². The Balaban J connectivity index is 1.44. The first-order valence-corrected chi connectivity index (χ1v) is 9.32. The van der Waals surface area contributed by atoms with Gasteiger partial charge in [-0.1, -0.05) is 12.1 Å². The Morgan fingerprint density at radius 2 is 2.08 bits per heavy atom. The monoisotopic (exact) mass is 349 g/mol. The second kappa shape index (κ2) is 9.15. The van der Waals surface area contributed by atoms with Gasteiger partial charge in [-0.05, 0) is 56.5 Å². The molecule has 0 saturated carbocycles. The van der Waals surface area contributed by atoms with Crippen LogP contribution in [0.25, 0.3) is 0 Å². The number of carbonyl (C=O) groups excluding carboxylic acids is 1. The summed E-state index contributed by atoms with van der Waals surface area (Å²) in [5.74, 6) is -0.238. The molecule has 25 heavy (non-hydrogen) atoms. The molecule has 2 aliphatic heterocycles. The van der Waals surface area contributed by atoms with E-state index in [1.54, 1.807) is 6.07 Å². The quantitative estimate of drug-likeness (QED) is 0.887. The average Bonchev–Trinajstić information content (AvgIpc) is 2.99. The summed E-state index contributed by atoms with van der Waals surface area (Å²) in [5.41, 5.74) is 0.895. The minimum absolute atomic E-state index is 0.0478. The van der Waals surface area contributed by atoms with Crippen molar-refractivity contribution in [3.63, 3.8) is 0 Å². The Hall–Kier alpha value is -1.66. The fourth-order valence-electron chi connectivity index (χ4n) is 3.56. The Labute approximate surface area is 149 Å². The number of likely N-dealkylation sites (tertiary alicyclic amines) is 1. The minimum atomic E-state index is -0.238. The van der Waals surface area contributed by atoms with Crippen molar-refractivity contribution < 1.29 is 13.9 Å². The SMILES string of the molecule is O=C(NCCc1cccc(F)c1)N1CCCOC(CN2CCCC2)C1. The van der Waals surface area contributed by atoms with E-state index in [0.717, 1.165) is 38.2 Å². The van der Waals surface area contributed by atoms with Gasteiger partial charge in [-0.3, -0.25) is 0 Å². The van der Waals surface area contributed by atoms with Crippen LogP contribution in [-0.2, 0) is 11.2 Å². The summed E-state index contributed by atoms with van der Waals surface area (Å²) in [6.45, 7) is 5.78. The molecule has 2 amide bonds. The maximum atomic E-state index is 13.2. The number of carbonyl (C=O) groups is 1. The van der Waals surface area contributed by atoms with E-state index in [-0.39, 0.29) is 18.0 Å². The smallest absolute Gasteiger partial charge is 0.317 e. The van der Waals surface area contributed by atoms with Crippen LogP contribution in [0, 0.1) is 5.82 Å². The number of benzene rings is 1. The summed E-state index contributed by atoms with van der Waals surface area (Å²) in [6.07, 6.45) is 4.11. The lowest BCUT2D eigenvalue weighted by molar-refractivity contribution is 0.0350. The van der Waals surface area contributed by atoms with Gasteiger partial charge in [-0.2, -0.15) is 0 Å². The van der Waals surface area contributed by atoms with Crippen molar-refractivity contribution in [1.29, 1.82) is 0 Å². The molecule has 0 aliphatic carbocycles. The number of nitrogens with one attached hydrogen (secondary N) is 1. The summed E-state index contributed by atoms with van der Waals surface area (Å²) in [5, 5.41) is 2.96. The summed E-state index contributed by atoms with van der Waals surface area (Å²) in [6, 6.07) is 6.47. The largest absolute Gasteiger partial charge is 0.375 e. The fraction of sp³-hybridized carbons (Fsp3) is 0.632. The molecule has 1 aromatic rings. The van der Waals surface area contributed by atoms with Crippen LogP contribution in [-0.4, -0.2) is 67.8 Å². The Morgan fingerprint density at radius 1 is 1.24 bits per heavy atom. The molecule has 0 bridgehead atoms. The summed E-state index contributed by atoms with van der Waals surface area (Å²) >= 11 is 0. The number of amides is 2. The molecule has 1 unspecified atom stereocenters. The molecule has 3 rings (SSSR count). The molecule has 1 atom stereocenters. The van der Waals surface area contributed by atoms with Gasteiger partial charge in [0.25, 0.3) is 0 Å². The molecule has 1 aromatic carbocycles. The topological polar surface area (TPSA) is 44.8 Å². The number of halogens is 1. The molecule has 0 aromatic heterocycles. The highest BCUT2D eigenvalue weighted by atomic mass is 19.1. The molecule has 138 valence electrons. The number of nitrogens with zero attached hydrogens (tertiary/aromatic N) is 2. The number of urea groups is 1. The fourth-order valence-corrected chi connectivity index (χ4v) is 3.56. The molecular formula is C19H28FN3O2. The van der Waals surface area contributed by atoms with Crippen LogP contribution in [0.5, 0.6) is 0 Å². The van der Waals surface area contributed by atoms with Crippen LogP contribution in [0.1, 0.15) is 24.8 Å². The maximum Gasteiger partial charge on any atom is 0.317 e. The molecule has 2 aliphatic rings. The molecule has 5 nitrogen and oxygen atoms in total. The van der Waals surface area contributed by atoms with Gasteiger partial charge in [-0.15, -0.1) is 0 Å². The molecule has 0 radical (unpaired) electrons. The third-order valence-corrected chi connectivity index (χ3v) is 4.88. The molecule has 0 spiro atoms. The van der Waals surface area contributed by atoms with E-state index in [1.165, 1.54) is 25.0 Å². The predicted molar refractivity (Wildman–Crippen MR) is 95.1 cm³/mol. The standard InChI is InChI=1S/C19H28FN3O2/c20-17-6-3-5-16(13-17)7-8-21-19(24)23-11-4-12-25-18(15-23)14-22-9-1-2-10-22/h3,5-6,13,18H,1-2,4,7-12,14-15H2,(H,21,24). The summed E-state index contributed by atoms with van der Waals surface area (Å²) in [4.78, 5) is 16.7. The molecule has 2 heterocycles. The summed E-state index contributed by atoms with van der Waals surface area (Å²) in [7, 11) is 0. The van der Waals surface area contributed by atoms with Gasteiger partial charge in [0.15, 0.2) is 0 Å². The number of rotatable bonds is 5. The molecule has 1 N–H and O–H groups in total. The van der Waals surface area contributed by atoms with E-state index in [4.69, 9.17) is 4.74 Å². The highest BCUT2D eigenvalue weighted by molar-refractivity contribution is 5.74. The highest BCUT2D eigenvalue weighted by Crippen LogP contribution is 2.12. The van der Waals surface area contributed by atoms with E-state index in [0.29, 0.717) is 26.1 Å². The van der Waals surface area contributed by atoms with Gasteiger partial charge in [0.1, 0.15) is 5.82 Å². The average molecular weight is 349 g/mol. The zero-order chi connectivity index (χ0) is 17.5. The minimum Gasteiger partial charge on any atom is -0.375 e. The van der Waals surface area contributed by atoms with E-state index >= 15 is 0 Å². The normalized spacial score (nSPS) is 22.0. The first-order valence-electron chi connectivity index (χ1n) is 9.32. The van der Waals surface area contributed by atoms with Gasteiger partial charge in [0.05, 0.1) is 6.10 Å². The molecule has 2 fully saturated rings. The van der Waals surface area contributed by atoms with Crippen LogP contribution >= 0.6 is 0 Å². The third kappa shape index (κ3) is 5.68. The van der Waals surface area contributed by atoms with Crippen molar-refractivity contribution in [3.8, 4) is 0 Å². The number of hydrogen-bond acceptors (Lipinski definition) is 3. The lowest BCUT2D eigenvalue weighted by Gasteiger charge is -2.27. The van der Waals surface area contributed by atoms with Gasteiger partial charge >= 0.3 is 6.03 Å². The molecule has 2 saturated heterocycles. The van der Waals surface area contributed by atoms with Crippen LogP contribution in [0.2, 0.25) is 0 Å². The lowest BCUT2D eigenvalue weighted by atomic mass is 10.1. The van der Waals surface area contributed by atoms with Gasteiger partial charge in [-0.25, -0.2) is 9.18 Å². The van der Waals surface area contributed by atoms with Crippen molar-refractivity contribution >= 4 is 6.03 Å². The van der Waals surface area contributed by atoms with E-state index in [2.05, 4.69) is 10.2 Å². The van der Waals surface area contributed by atoms with E-state index < -0.39 is 0 Å².